The van der Waals surface area contributed by atoms with Gasteiger partial charge in [-0.05, 0) is 35.7 Å². The normalized spacial score (nSPS) is 12.6. The van der Waals surface area contributed by atoms with Crippen LogP contribution in [0.15, 0.2) is 56.4 Å². The van der Waals surface area contributed by atoms with Gasteiger partial charge >= 0.3 is 0 Å². The molecule has 0 saturated heterocycles. The number of nitrogens with zero attached hydrogens (tertiary/aromatic N) is 2. The fourth-order valence-electron chi connectivity index (χ4n) is 2.56. The second-order valence-electron chi connectivity index (χ2n) is 5.90. The average molecular weight is 475 g/mol. The highest BCUT2D eigenvalue weighted by Crippen LogP contribution is 2.45. The van der Waals surface area contributed by atoms with Gasteiger partial charge in [0.2, 0.25) is 0 Å². The first-order chi connectivity index (χ1) is 13.8. The second-order valence-corrected chi connectivity index (χ2v) is 9.14. The van der Waals surface area contributed by atoms with Crippen LogP contribution in [0.1, 0.15) is 0 Å². The predicted molar refractivity (Wildman–Crippen MR) is 104 cm³/mol. The summed E-state index contributed by atoms with van der Waals surface area (Å²) < 4.78 is 64.9. The van der Waals surface area contributed by atoms with Gasteiger partial charge < -0.3 is 15.3 Å². The summed E-state index contributed by atoms with van der Waals surface area (Å²) in [4.78, 5) is -1.77. The summed E-state index contributed by atoms with van der Waals surface area (Å²) in [6.07, 6.45) is 0. The summed E-state index contributed by atoms with van der Waals surface area (Å²) in [5.74, 6) is -2.18. The van der Waals surface area contributed by atoms with Crippen molar-refractivity contribution in [2.75, 3.05) is 0 Å². The Morgan fingerprint density at radius 3 is 2.07 bits per heavy atom. The smallest absolute Gasteiger partial charge is 0.296 e. The molecule has 158 valence electrons. The summed E-state index contributed by atoms with van der Waals surface area (Å²) in [7, 11) is -9.81. The molecule has 3 aromatic carbocycles. The minimum atomic E-state index is -5.03. The number of phenols is 3. The van der Waals surface area contributed by atoms with Crippen LogP contribution in [0, 0.1) is 0 Å². The lowest BCUT2D eigenvalue weighted by molar-refractivity contribution is 0.457. The molecule has 3 rings (SSSR count). The molecule has 0 spiro atoms. The zero-order valence-electron chi connectivity index (χ0n) is 14.4. The minimum Gasteiger partial charge on any atom is -0.507 e. The lowest BCUT2D eigenvalue weighted by Crippen LogP contribution is -2.01. The fraction of sp³-hybridized carbons (Fsp3) is 0. The molecule has 0 unspecified atom stereocenters. The van der Waals surface area contributed by atoms with Gasteiger partial charge in [0.05, 0.1) is 10.3 Å². The number of rotatable bonds is 4. The third-order valence-electron chi connectivity index (χ3n) is 3.87. The van der Waals surface area contributed by atoms with Crippen molar-refractivity contribution in [1.82, 2.24) is 0 Å². The monoisotopic (exact) mass is 474 g/mol. The topological polar surface area (TPSA) is 194 Å². The van der Waals surface area contributed by atoms with E-state index in [4.69, 9.17) is 16.2 Å². The van der Waals surface area contributed by atoms with Crippen LogP contribution in [-0.2, 0) is 20.2 Å². The van der Waals surface area contributed by atoms with Crippen LogP contribution in [-0.4, -0.2) is 41.3 Å². The molecule has 11 nitrogen and oxygen atoms in total. The summed E-state index contributed by atoms with van der Waals surface area (Å²) in [5, 5.41) is 36.9. The standard InChI is InChI=1S/C16H11ClN2O9S2/c17-8-1-2-11(20)10(5-8)18-19-15-13(30(26,27)28)4-7-3-9(29(23,24)25)6-12(21)14(7)16(15)22/h1-6,20-22H,(H,23,24,25)(H,26,27,28). The van der Waals surface area contributed by atoms with Crippen molar-refractivity contribution >= 4 is 54.0 Å². The molecule has 0 saturated carbocycles. The van der Waals surface area contributed by atoms with Gasteiger partial charge in [0, 0.05) is 11.1 Å². The van der Waals surface area contributed by atoms with Crippen LogP contribution in [0.3, 0.4) is 0 Å². The summed E-state index contributed by atoms with van der Waals surface area (Å²) in [5.41, 5.74) is -1.01. The third kappa shape index (κ3) is 4.15. The maximum absolute atomic E-state index is 11.8. The van der Waals surface area contributed by atoms with E-state index in [2.05, 4.69) is 10.2 Å². The molecule has 0 fully saturated rings. The van der Waals surface area contributed by atoms with Gasteiger partial charge in [-0.3, -0.25) is 9.11 Å². The number of hydrogen-bond acceptors (Lipinski definition) is 9. The van der Waals surface area contributed by atoms with Crippen molar-refractivity contribution in [3.8, 4) is 17.2 Å². The predicted octanol–water partition coefficient (Wildman–Crippen LogP) is 3.52. The highest BCUT2D eigenvalue weighted by Gasteiger charge is 2.25. The van der Waals surface area contributed by atoms with Crippen LogP contribution in [0.25, 0.3) is 10.8 Å². The molecule has 0 heterocycles. The van der Waals surface area contributed by atoms with Crippen LogP contribution < -0.4 is 0 Å². The van der Waals surface area contributed by atoms with Crippen LogP contribution in [0.2, 0.25) is 5.02 Å². The zero-order valence-corrected chi connectivity index (χ0v) is 16.8. The van der Waals surface area contributed by atoms with Gasteiger partial charge in [-0.2, -0.15) is 16.8 Å². The molecular formula is C16H11ClN2O9S2. The zero-order chi connectivity index (χ0) is 22.4. The van der Waals surface area contributed by atoms with E-state index < -0.39 is 52.6 Å². The molecule has 3 aromatic rings. The molecule has 0 amide bonds. The van der Waals surface area contributed by atoms with Gasteiger partial charge in [0.1, 0.15) is 27.8 Å². The Kier molecular flexibility index (Phi) is 5.34. The molecule has 0 bridgehead atoms. The van der Waals surface area contributed by atoms with E-state index in [9.17, 15) is 36.7 Å². The van der Waals surface area contributed by atoms with Crippen LogP contribution in [0.4, 0.5) is 11.4 Å². The van der Waals surface area contributed by atoms with Crippen molar-refractivity contribution in [1.29, 1.82) is 0 Å². The SMILES string of the molecule is O=S(=O)(O)c1cc(O)c2c(O)c(N=Nc3cc(Cl)ccc3O)c(S(=O)(=O)O)cc2c1. The maximum Gasteiger partial charge on any atom is 0.296 e. The van der Waals surface area contributed by atoms with Gasteiger partial charge in [0.15, 0.2) is 5.75 Å². The Morgan fingerprint density at radius 1 is 0.800 bits per heavy atom. The van der Waals surface area contributed by atoms with Crippen molar-refractivity contribution < 1.29 is 41.3 Å². The lowest BCUT2D eigenvalue weighted by Gasteiger charge is -2.11. The molecule has 0 aromatic heterocycles. The maximum atomic E-state index is 11.8. The van der Waals surface area contributed by atoms with E-state index in [0.717, 1.165) is 6.07 Å². The van der Waals surface area contributed by atoms with Gasteiger partial charge in [0.25, 0.3) is 20.2 Å². The number of azo groups is 1. The lowest BCUT2D eigenvalue weighted by atomic mass is 10.1. The van der Waals surface area contributed by atoms with Gasteiger partial charge in [-0.25, -0.2) is 0 Å². The van der Waals surface area contributed by atoms with Crippen molar-refractivity contribution in [2.24, 2.45) is 10.2 Å². The molecule has 0 radical (unpaired) electrons. The van der Waals surface area contributed by atoms with Crippen molar-refractivity contribution in [3.05, 3.63) is 41.4 Å². The summed E-state index contributed by atoms with van der Waals surface area (Å²) >= 11 is 5.78. The molecule has 30 heavy (non-hydrogen) atoms. The van der Waals surface area contributed by atoms with Crippen LogP contribution in [0.5, 0.6) is 17.2 Å². The van der Waals surface area contributed by atoms with Gasteiger partial charge in [-0.1, -0.05) is 11.6 Å². The Hall–Kier alpha value is -2.97. The number of benzene rings is 3. The quantitative estimate of drug-likeness (QED) is 0.277. The Balaban J connectivity index is 2.36. The minimum absolute atomic E-state index is 0.162. The van der Waals surface area contributed by atoms with Gasteiger partial charge in [-0.15, -0.1) is 10.2 Å². The Morgan fingerprint density at radius 2 is 1.47 bits per heavy atom. The fourth-order valence-corrected chi connectivity index (χ4v) is 3.92. The summed E-state index contributed by atoms with van der Waals surface area (Å²) in [6.45, 7) is 0. The first kappa shape index (κ1) is 21.7. The Bertz CT molecular complexity index is 1440. The van der Waals surface area contributed by atoms with Crippen LogP contribution >= 0.6 is 11.6 Å². The number of aromatic hydroxyl groups is 3. The first-order valence-corrected chi connectivity index (χ1v) is 10.9. The average Bonchev–Trinajstić information content (AvgIpc) is 2.61. The molecule has 0 aliphatic rings. The molecule has 5 N–H and O–H groups in total. The molecule has 0 atom stereocenters. The number of phenolic OH excluding ortho intramolecular Hbond substituents is 3. The highest BCUT2D eigenvalue weighted by molar-refractivity contribution is 7.86. The van der Waals surface area contributed by atoms with E-state index >= 15 is 0 Å². The van der Waals surface area contributed by atoms with Crippen molar-refractivity contribution in [2.45, 2.75) is 9.79 Å². The van der Waals surface area contributed by atoms with E-state index in [1.54, 1.807) is 0 Å². The first-order valence-electron chi connectivity index (χ1n) is 7.67. The van der Waals surface area contributed by atoms with Crippen molar-refractivity contribution in [3.63, 3.8) is 0 Å². The summed E-state index contributed by atoms with van der Waals surface area (Å²) in [6, 6.07) is 5.81. The largest absolute Gasteiger partial charge is 0.507 e. The number of hydrogen-bond donors (Lipinski definition) is 5. The molecular weight excluding hydrogens is 464 g/mol. The molecule has 0 aliphatic heterocycles. The Labute approximate surface area is 174 Å². The molecule has 14 heteroatoms. The number of halogens is 1. The highest BCUT2D eigenvalue weighted by atomic mass is 35.5. The third-order valence-corrected chi connectivity index (χ3v) is 5.81. The van der Waals surface area contributed by atoms with E-state index in [-0.39, 0.29) is 21.8 Å². The second kappa shape index (κ2) is 7.37. The van der Waals surface area contributed by atoms with E-state index in [0.29, 0.717) is 12.1 Å². The van der Waals surface area contributed by atoms with E-state index in [1.165, 1.54) is 18.2 Å². The number of fused-ring (bicyclic) bond motifs is 1. The molecule has 0 aliphatic carbocycles. The van der Waals surface area contributed by atoms with E-state index in [1.807, 2.05) is 0 Å².